The fourth-order valence-corrected chi connectivity index (χ4v) is 3.14. The molecule has 2 unspecified atom stereocenters. The third-order valence-electron chi connectivity index (χ3n) is 4.33. The number of thiol groups is 1. The molecule has 3 rings (SSSR count). The summed E-state index contributed by atoms with van der Waals surface area (Å²) in [7, 11) is 0. The maximum absolute atomic E-state index is 11.3. The van der Waals surface area contributed by atoms with Gasteiger partial charge in [0.2, 0.25) is 0 Å². The molecule has 3 heterocycles. The first-order valence-electron chi connectivity index (χ1n) is 8.44. The third-order valence-corrected chi connectivity index (χ3v) is 4.88. The lowest BCUT2D eigenvalue weighted by Crippen LogP contribution is -2.63. The van der Waals surface area contributed by atoms with Crippen molar-refractivity contribution < 1.29 is 29.6 Å². The highest BCUT2D eigenvalue weighted by atomic mass is 32.1. The van der Waals surface area contributed by atoms with E-state index >= 15 is 0 Å². The Bertz CT molecular complexity index is 811. The molecule has 0 bridgehead atoms. The van der Waals surface area contributed by atoms with Gasteiger partial charge in [0.05, 0.1) is 11.4 Å². The van der Waals surface area contributed by atoms with E-state index in [1.807, 2.05) is 6.92 Å². The first-order valence-corrected chi connectivity index (χ1v) is 8.96. The number of hydrogen-bond acceptors (Lipinski definition) is 11. The summed E-state index contributed by atoms with van der Waals surface area (Å²) in [6.07, 6.45) is -4.05. The molecule has 6 atom stereocenters. The largest absolute Gasteiger partial charge is 0.479 e. The quantitative estimate of drug-likeness (QED) is 0.214. The smallest absolute Gasteiger partial charge is 0.335 e. The summed E-state index contributed by atoms with van der Waals surface area (Å²) in [5, 5.41) is 28.1. The van der Waals surface area contributed by atoms with Crippen molar-refractivity contribution in [2.45, 2.75) is 55.5 Å². The number of ether oxygens (including phenoxy) is 2. The van der Waals surface area contributed by atoms with Crippen molar-refractivity contribution in [3.63, 3.8) is 0 Å². The van der Waals surface area contributed by atoms with Crippen LogP contribution in [0, 0.1) is 0 Å². The Morgan fingerprint density at radius 3 is 2.82 bits per heavy atom. The molecule has 0 aromatic heterocycles. The highest BCUT2D eigenvalue weighted by molar-refractivity contribution is 7.81. The highest BCUT2D eigenvalue weighted by Crippen LogP contribution is 2.30. The average Bonchev–Trinajstić information content (AvgIpc) is 3.10. The molecule has 28 heavy (non-hydrogen) atoms. The lowest BCUT2D eigenvalue weighted by atomic mass is 10.0. The van der Waals surface area contributed by atoms with Crippen molar-refractivity contribution in [3.8, 4) is 0 Å². The SMILES string of the molecule is C=C(C)CCC1=NC(N)(OC2O[C@H](C(=O)O)[C@@H](O)[C@H](O)[C@H]2S)C2=NC=NC2=N1. The number of nitrogens with two attached hydrogens (primary N) is 1. The predicted octanol–water partition coefficient (Wildman–Crippen LogP) is -0.905. The molecule has 11 nitrogen and oxygen atoms in total. The molecule has 0 aliphatic carbocycles. The van der Waals surface area contributed by atoms with Crippen molar-refractivity contribution in [2.24, 2.45) is 25.7 Å². The van der Waals surface area contributed by atoms with Gasteiger partial charge in [-0.1, -0.05) is 5.57 Å². The van der Waals surface area contributed by atoms with Gasteiger partial charge in [-0.25, -0.2) is 24.8 Å². The number of aliphatic hydroxyl groups excluding tert-OH is 2. The number of allylic oxidation sites excluding steroid dienone is 1. The highest BCUT2D eigenvalue weighted by Gasteiger charge is 2.51. The van der Waals surface area contributed by atoms with E-state index in [1.165, 1.54) is 6.34 Å². The number of nitrogens with zero attached hydrogens (tertiary/aromatic N) is 4. The van der Waals surface area contributed by atoms with E-state index in [0.717, 1.165) is 5.57 Å². The van der Waals surface area contributed by atoms with Gasteiger partial charge in [0.1, 0.15) is 18.3 Å². The molecule has 3 aliphatic rings. The first kappa shape index (κ1) is 20.8. The Kier molecular flexibility index (Phi) is 5.79. The summed E-state index contributed by atoms with van der Waals surface area (Å²) >= 11 is 4.17. The van der Waals surface area contributed by atoms with E-state index in [1.54, 1.807) is 0 Å². The Balaban J connectivity index is 1.87. The first-order chi connectivity index (χ1) is 13.1. The van der Waals surface area contributed by atoms with Gasteiger partial charge in [0.25, 0.3) is 5.85 Å². The van der Waals surface area contributed by atoms with Crippen LogP contribution in [0.2, 0.25) is 0 Å². The van der Waals surface area contributed by atoms with Gasteiger partial charge in [0.15, 0.2) is 23.9 Å². The number of hydrogen-bond donors (Lipinski definition) is 5. The van der Waals surface area contributed by atoms with Crippen molar-refractivity contribution in [1.82, 2.24) is 0 Å². The summed E-state index contributed by atoms with van der Waals surface area (Å²) < 4.78 is 11.0. The van der Waals surface area contributed by atoms with Crippen LogP contribution in [-0.4, -0.2) is 80.7 Å². The molecule has 0 spiro atoms. The van der Waals surface area contributed by atoms with Crippen LogP contribution in [0.15, 0.2) is 32.1 Å². The number of aliphatic imine (C=N–C) groups is 4. The Hall–Kier alpha value is -1.96. The van der Waals surface area contributed by atoms with Crippen LogP contribution < -0.4 is 5.73 Å². The maximum atomic E-state index is 11.3. The Labute approximate surface area is 165 Å². The molecule has 1 fully saturated rings. The molecule has 1 saturated heterocycles. The second-order valence-electron chi connectivity index (χ2n) is 6.69. The number of fused-ring (bicyclic) bond motifs is 1. The Morgan fingerprint density at radius 2 is 2.18 bits per heavy atom. The van der Waals surface area contributed by atoms with Crippen molar-refractivity contribution in [1.29, 1.82) is 0 Å². The molecule has 0 saturated carbocycles. The van der Waals surface area contributed by atoms with Gasteiger partial charge in [-0.3, -0.25) is 5.73 Å². The zero-order valence-corrected chi connectivity index (χ0v) is 15.9. The molecule has 3 aliphatic heterocycles. The van der Waals surface area contributed by atoms with Crippen LogP contribution in [0.25, 0.3) is 0 Å². The second-order valence-corrected chi connectivity index (χ2v) is 7.29. The number of aliphatic hydroxyl groups is 2. The van der Waals surface area contributed by atoms with E-state index in [0.29, 0.717) is 18.7 Å². The number of aliphatic carboxylic acids is 1. The van der Waals surface area contributed by atoms with Crippen LogP contribution >= 0.6 is 12.6 Å². The summed E-state index contributed by atoms with van der Waals surface area (Å²) in [6.45, 7) is 5.69. The van der Waals surface area contributed by atoms with Crippen molar-refractivity contribution in [2.75, 3.05) is 0 Å². The molecule has 0 amide bonds. The average molecular weight is 411 g/mol. The van der Waals surface area contributed by atoms with Crippen LogP contribution in [0.3, 0.4) is 0 Å². The Morgan fingerprint density at radius 1 is 1.46 bits per heavy atom. The molecular weight excluding hydrogens is 390 g/mol. The zero-order valence-electron chi connectivity index (χ0n) is 15.0. The molecule has 0 aromatic carbocycles. The number of carbonyl (C=O) groups is 1. The molecule has 12 heteroatoms. The normalized spacial score (nSPS) is 37.0. The summed E-state index contributed by atoms with van der Waals surface area (Å²) in [6, 6.07) is 0. The third kappa shape index (κ3) is 3.92. The van der Waals surface area contributed by atoms with Crippen molar-refractivity contribution in [3.05, 3.63) is 12.2 Å². The van der Waals surface area contributed by atoms with Gasteiger partial charge >= 0.3 is 5.97 Å². The number of rotatable bonds is 6. The van der Waals surface area contributed by atoms with Crippen LogP contribution in [0.1, 0.15) is 19.8 Å². The number of carboxylic acid groups (broad SMARTS) is 1. The fraction of sp³-hybridized carbons (Fsp3) is 0.562. The standard InChI is InChI=1S/C16H21N5O6S/c1-6(2)3-4-7-20-13-12(18-5-19-13)16(17,21-7)27-15-11(28)9(23)8(22)10(26-15)14(24)25/h5,8-11,15,22-23,28H,1,3-4,17H2,2H3,(H,24,25)/t8-,9-,10-,11+,15?,16?/m0/s1. The summed E-state index contributed by atoms with van der Waals surface area (Å²) in [5.74, 6) is -2.78. The second kappa shape index (κ2) is 7.81. The number of amidine groups is 2. The molecule has 152 valence electrons. The molecule has 0 radical (unpaired) electrons. The van der Waals surface area contributed by atoms with Gasteiger partial charge in [-0.15, -0.1) is 6.58 Å². The van der Waals surface area contributed by atoms with Gasteiger partial charge < -0.3 is 24.8 Å². The lowest BCUT2D eigenvalue weighted by molar-refractivity contribution is -0.266. The molecule has 5 N–H and O–H groups in total. The summed E-state index contributed by atoms with van der Waals surface area (Å²) in [4.78, 5) is 28.0. The van der Waals surface area contributed by atoms with Gasteiger partial charge in [-0.2, -0.15) is 12.6 Å². The monoisotopic (exact) mass is 411 g/mol. The predicted molar refractivity (Wildman–Crippen MR) is 104 cm³/mol. The summed E-state index contributed by atoms with van der Waals surface area (Å²) in [5.41, 5.74) is 7.34. The number of carboxylic acids is 1. The minimum atomic E-state index is -1.88. The maximum Gasteiger partial charge on any atom is 0.335 e. The fourth-order valence-electron chi connectivity index (χ4n) is 2.83. The van der Waals surface area contributed by atoms with E-state index < -0.39 is 41.7 Å². The zero-order chi connectivity index (χ0) is 20.6. The molecular formula is C16H21N5O6S. The van der Waals surface area contributed by atoms with E-state index in [4.69, 9.17) is 15.2 Å². The van der Waals surface area contributed by atoms with Crippen LogP contribution in [-0.2, 0) is 14.3 Å². The van der Waals surface area contributed by atoms with Crippen LogP contribution in [0.5, 0.6) is 0 Å². The lowest BCUT2D eigenvalue weighted by Gasteiger charge is -2.42. The van der Waals surface area contributed by atoms with E-state index in [-0.39, 0.29) is 11.5 Å². The molecule has 0 aromatic rings. The van der Waals surface area contributed by atoms with E-state index in [9.17, 15) is 20.1 Å². The minimum absolute atomic E-state index is 0.114. The van der Waals surface area contributed by atoms with E-state index in [2.05, 4.69) is 39.2 Å². The van der Waals surface area contributed by atoms with Crippen LogP contribution in [0.4, 0.5) is 0 Å². The topological polar surface area (TPSA) is 172 Å². The minimum Gasteiger partial charge on any atom is -0.479 e. The van der Waals surface area contributed by atoms with Gasteiger partial charge in [0, 0.05) is 6.42 Å². The van der Waals surface area contributed by atoms with Crippen molar-refractivity contribution >= 4 is 42.3 Å². The van der Waals surface area contributed by atoms with Gasteiger partial charge in [-0.05, 0) is 13.3 Å².